The number of rotatable bonds is 4. The molecule has 0 saturated carbocycles. The molecule has 0 bridgehead atoms. The third-order valence-corrected chi connectivity index (χ3v) is 5.05. The lowest BCUT2D eigenvalue weighted by Gasteiger charge is -2.09. The molecule has 0 radical (unpaired) electrons. The van der Waals surface area contributed by atoms with Crippen LogP contribution in [0.3, 0.4) is 0 Å². The Hall–Kier alpha value is -0.910. The number of hydrogen-bond acceptors (Lipinski definition) is 4. The predicted molar refractivity (Wildman–Crippen MR) is 87.3 cm³/mol. The number of aryl methyl sites for hydroxylation is 2. The van der Waals surface area contributed by atoms with E-state index in [-0.39, 0.29) is 0 Å². The molecule has 1 aromatic carbocycles. The van der Waals surface area contributed by atoms with E-state index in [4.69, 9.17) is 0 Å². The summed E-state index contributed by atoms with van der Waals surface area (Å²) in [5.41, 5.74) is 4.50. The minimum absolute atomic E-state index is 0.799. The van der Waals surface area contributed by atoms with Crippen LogP contribution in [0.15, 0.2) is 32.7 Å². The van der Waals surface area contributed by atoms with Crippen LogP contribution < -0.4 is 5.32 Å². The molecule has 0 unspecified atom stereocenters. The summed E-state index contributed by atoms with van der Waals surface area (Å²) in [4.78, 5) is 10.2. The van der Waals surface area contributed by atoms with Crippen LogP contribution in [0.5, 0.6) is 0 Å². The summed E-state index contributed by atoms with van der Waals surface area (Å²) < 4.78 is 1.08. The highest BCUT2D eigenvalue weighted by Crippen LogP contribution is 2.32. The van der Waals surface area contributed by atoms with Crippen LogP contribution >= 0.6 is 27.7 Å². The van der Waals surface area contributed by atoms with Gasteiger partial charge in [-0.15, -0.1) is 0 Å². The van der Waals surface area contributed by atoms with Crippen molar-refractivity contribution in [1.29, 1.82) is 0 Å². The molecule has 0 spiro atoms. The number of hydrogen-bond donors (Lipinski definition) is 1. The molecule has 0 saturated heterocycles. The van der Waals surface area contributed by atoms with Gasteiger partial charge in [0.05, 0.1) is 0 Å². The molecule has 0 aliphatic carbocycles. The number of nitrogens with one attached hydrogen (secondary N) is 1. The van der Waals surface area contributed by atoms with E-state index < -0.39 is 0 Å². The predicted octanol–water partition coefficient (Wildman–Crippen LogP) is 4.03. The van der Waals surface area contributed by atoms with Crippen molar-refractivity contribution in [2.45, 2.75) is 37.4 Å². The maximum atomic E-state index is 4.55. The van der Waals surface area contributed by atoms with Gasteiger partial charge in [-0.25, -0.2) is 9.97 Å². The molecule has 2 rings (SSSR count). The second-order valence-electron chi connectivity index (χ2n) is 4.70. The second-order valence-corrected chi connectivity index (χ2v) is 6.56. The van der Waals surface area contributed by atoms with Crippen molar-refractivity contribution < 1.29 is 0 Å². The molecule has 0 amide bonds. The Kier molecular flexibility index (Phi) is 5.18. The average Bonchev–Trinajstić information content (AvgIpc) is 2.39. The normalized spacial score (nSPS) is 10.8. The first-order chi connectivity index (χ1) is 9.51. The molecule has 2 aromatic rings. The van der Waals surface area contributed by atoms with Gasteiger partial charge in [0.15, 0.2) is 5.16 Å². The lowest BCUT2D eigenvalue weighted by molar-refractivity contribution is 0.816. The molecule has 0 atom stereocenters. The minimum atomic E-state index is 0.799. The van der Waals surface area contributed by atoms with E-state index in [1.807, 2.05) is 20.9 Å². The highest BCUT2D eigenvalue weighted by molar-refractivity contribution is 9.10. The van der Waals surface area contributed by atoms with Gasteiger partial charge >= 0.3 is 0 Å². The molecule has 1 heterocycles. The molecule has 1 N–H and O–H groups in total. The number of aromatic nitrogens is 2. The fraction of sp³-hybridized carbons (Fsp3) is 0.333. The van der Waals surface area contributed by atoms with E-state index in [0.717, 1.165) is 38.0 Å². The summed E-state index contributed by atoms with van der Waals surface area (Å²) in [5.74, 6) is 0. The molecule has 0 aliphatic heterocycles. The number of nitrogens with zero attached hydrogens (tertiary/aromatic N) is 2. The van der Waals surface area contributed by atoms with Crippen molar-refractivity contribution in [3.05, 3.63) is 45.2 Å². The summed E-state index contributed by atoms with van der Waals surface area (Å²) in [6.07, 6.45) is 0. The van der Waals surface area contributed by atoms with Gasteiger partial charge in [0.25, 0.3) is 0 Å². The average molecular weight is 352 g/mol. The molecule has 0 aliphatic rings. The van der Waals surface area contributed by atoms with Gasteiger partial charge in [-0.3, -0.25) is 0 Å². The van der Waals surface area contributed by atoms with Gasteiger partial charge in [0.2, 0.25) is 0 Å². The van der Waals surface area contributed by atoms with Crippen LogP contribution in [0.2, 0.25) is 0 Å². The molecular weight excluding hydrogens is 334 g/mol. The second kappa shape index (κ2) is 6.70. The minimum Gasteiger partial charge on any atom is -0.316 e. The molecule has 3 nitrogen and oxygen atoms in total. The van der Waals surface area contributed by atoms with E-state index in [9.17, 15) is 0 Å². The maximum Gasteiger partial charge on any atom is 0.192 e. The lowest BCUT2D eigenvalue weighted by atomic mass is 10.2. The zero-order valence-corrected chi connectivity index (χ0v) is 14.5. The Balaban J connectivity index is 2.26. The summed E-state index contributed by atoms with van der Waals surface area (Å²) in [6, 6.07) is 6.36. The van der Waals surface area contributed by atoms with E-state index >= 15 is 0 Å². The molecule has 0 fully saturated rings. The van der Waals surface area contributed by atoms with E-state index in [0.29, 0.717) is 0 Å². The Morgan fingerprint density at radius 1 is 1.15 bits per heavy atom. The van der Waals surface area contributed by atoms with E-state index in [2.05, 4.69) is 56.3 Å². The standard InChI is InChI=1S/C15H18BrN3S/c1-9-10(2)18-15(19-11(9)3)20-14-6-5-12(8-17-4)7-13(14)16/h5-7,17H,8H2,1-4H3. The maximum absolute atomic E-state index is 4.55. The van der Waals surface area contributed by atoms with Crippen LogP contribution in [0.25, 0.3) is 0 Å². The third kappa shape index (κ3) is 3.59. The zero-order valence-electron chi connectivity index (χ0n) is 12.1. The van der Waals surface area contributed by atoms with Gasteiger partial charge in [-0.2, -0.15) is 0 Å². The Bertz CT molecular complexity index is 606. The largest absolute Gasteiger partial charge is 0.316 e. The van der Waals surface area contributed by atoms with Crippen molar-refractivity contribution in [3.8, 4) is 0 Å². The summed E-state index contributed by atoms with van der Waals surface area (Å²) in [6.45, 7) is 6.97. The smallest absolute Gasteiger partial charge is 0.192 e. The molecule has 1 aromatic heterocycles. The number of benzene rings is 1. The third-order valence-electron chi connectivity index (χ3n) is 3.19. The SMILES string of the molecule is CNCc1ccc(Sc2nc(C)c(C)c(C)n2)c(Br)c1. The molecule has 5 heteroatoms. The van der Waals surface area contributed by atoms with Crippen molar-refractivity contribution in [2.75, 3.05) is 7.05 Å². The van der Waals surface area contributed by atoms with Crippen molar-refractivity contribution in [3.63, 3.8) is 0 Å². The number of halogens is 1. The first-order valence-corrected chi connectivity index (χ1v) is 8.05. The molecule has 106 valence electrons. The van der Waals surface area contributed by atoms with Crippen LogP contribution in [-0.4, -0.2) is 17.0 Å². The van der Waals surface area contributed by atoms with Gasteiger partial charge in [0, 0.05) is 27.3 Å². The molecular formula is C15H18BrN3S. The van der Waals surface area contributed by atoms with Crippen LogP contribution in [0.1, 0.15) is 22.5 Å². The highest BCUT2D eigenvalue weighted by Gasteiger charge is 2.09. The summed E-state index contributed by atoms with van der Waals surface area (Å²) >= 11 is 5.21. The highest BCUT2D eigenvalue weighted by atomic mass is 79.9. The Labute approximate surface area is 132 Å². The van der Waals surface area contributed by atoms with Gasteiger partial charge in [-0.05, 0) is 78.8 Å². The fourth-order valence-electron chi connectivity index (χ4n) is 1.83. The summed E-state index contributed by atoms with van der Waals surface area (Å²) in [5, 5.41) is 3.95. The van der Waals surface area contributed by atoms with Crippen molar-refractivity contribution >= 4 is 27.7 Å². The van der Waals surface area contributed by atoms with Gasteiger partial charge in [0.1, 0.15) is 0 Å². The van der Waals surface area contributed by atoms with Crippen molar-refractivity contribution in [2.24, 2.45) is 0 Å². The van der Waals surface area contributed by atoms with Crippen LogP contribution in [-0.2, 0) is 6.54 Å². The first kappa shape index (κ1) is 15.5. The monoisotopic (exact) mass is 351 g/mol. The van der Waals surface area contributed by atoms with Crippen LogP contribution in [0.4, 0.5) is 0 Å². The fourth-order valence-corrected chi connectivity index (χ4v) is 3.35. The zero-order chi connectivity index (χ0) is 14.7. The Morgan fingerprint density at radius 3 is 2.35 bits per heavy atom. The first-order valence-electron chi connectivity index (χ1n) is 6.44. The lowest BCUT2D eigenvalue weighted by Crippen LogP contribution is -2.04. The quantitative estimate of drug-likeness (QED) is 0.843. The summed E-state index contributed by atoms with van der Waals surface area (Å²) in [7, 11) is 1.95. The topological polar surface area (TPSA) is 37.8 Å². The van der Waals surface area contributed by atoms with Gasteiger partial charge < -0.3 is 5.32 Å². The van der Waals surface area contributed by atoms with E-state index in [1.54, 1.807) is 11.8 Å². The Morgan fingerprint density at radius 2 is 1.80 bits per heavy atom. The van der Waals surface area contributed by atoms with Crippen molar-refractivity contribution in [1.82, 2.24) is 15.3 Å². The molecule has 20 heavy (non-hydrogen) atoms. The van der Waals surface area contributed by atoms with Crippen LogP contribution in [0, 0.1) is 20.8 Å². The van der Waals surface area contributed by atoms with E-state index in [1.165, 1.54) is 5.56 Å². The van der Waals surface area contributed by atoms with Gasteiger partial charge in [-0.1, -0.05) is 6.07 Å².